The van der Waals surface area contributed by atoms with Crippen molar-refractivity contribution in [2.24, 2.45) is 0 Å². The van der Waals surface area contributed by atoms with Crippen LogP contribution < -0.4 is 9.47 Å². The molecular formula is C15H17BrO3S. The molecule has 0 spiro atoms. The molecule has 0 radical (unpaired) electrons. The first-order chi connectivity index (χ1) is 9.60. The van der Waals surface area contributed by atoms with Crippen LogP contribution in [-0.2, 0) is 6.42 Å². The van der Waals surface area contributed by atoms with Crippen LogP contribution in [0, 0.1) is 0 Å². The molecule has 2 aromatic rings. The lowest BCUT2D eigenvalue weighted by Crippen LogP contribution is -2.02. The number of thiophene rings is 1. The van der Waals surface area contributed by atoms with Crippen LogP contribution in [-0.4, -0.2) is 19.3 Å². The molecule has 2 rings (SSSR count). The molecule has 108 valence electrons. The quantitative estimate of drug-likeness (QED) is 0.873. The molecule has 3 nitrogen and oxygen atoms in total. The van der Waals surface area contributed by atoms with Gasteiger partial charge in [-0.1, -0.05) is 6.92 Å². The van der Waals surface area contributed by atoms with Gasteiger partial charge in [-0.05, 0) is 46.6 Å². The van der Waals surface area contributed by atoms with Crippen LogP contribution in [0.3, 0.4) is 0 Å². The Morgan fingerprint density at radius 1 is 1.20 bits per heavy atom. The molecule has 0 saturated heterocycles. The van der Waals surface area contributed by atoms with Crippen LogP contribution in [0.1, 0.15) is 28.3 Å². The first-order valence-corrected chi connectivity index (χ1v) is 7.89. The number of hydrogen-bond donors (Lipinski definition) is 1. The van der Waals surface area contributed by atoms with Gasteiger partial charge in [-0.15, -0.1) is 11.3 Å². The molecule has 1 heterocycles. The molecule has 20 heavy (non-hydrogen) atoms. The summed E-state index contributed by atoms with van der Waals surface area (Å²) >= 11 is 5.03. The number of aliphatic hydroxyl groups is 1. The van der Waals surface area contributed by atoms with E-state index in [-0.39, 0.29) is 0 Å². The molecule has 1 unspecified atom stereocenters. The zero-order valence-electron chi connectivity index (χ0n) is 11.6. The first-order valence-electron chi connectivity index (χ1n) is 6.28. The Balaban J connectivity index is 2.44. The number of aryl methyl sites for hydroxylation is 1. The maximum absolute atomic E-state index is 10.6. The van der Waals surface area contributed by atoms with Crippen LogP contribution >= 0.6 is 27.3 Å². The minimum Gasteiger partial charge on any atom is -0.496 e. The van der Waals surface area contributed by atoms with Crippen molar-refractivity contribution in [3.63, 3.8) is 0 Å². The molecule has 5 heteroatoms. The van der Waals surface area contributed by atoms with Crippen molar-refractivity contribution in [1.82, 2.24) is 0 Å². The molecule has 0 aliphatic carbocycles. The average molecular weight is 357 g/mol. The summed E-state index contributed by atoms with van der Waals surface area (Å²) in [5, 5.41) is 10.6. The highest BCUT2D eigenvalue weighted by Gasteiger charge is 2.19. The van der Waals surface area contributed by atoms with Crippen LogP contribution in [0.15, 0.2) is 28.7 Å². The van der Waals surface area contributed by atoms with E-state index >= 15 is 0 Å². The fourth-order valence-electron chi connectivity index (χ4n) is 1.98. The van der Waals surface area contributed by atoms with E-state index in [1.165, 1.54) is 4.88 Å². The maximum Gasteiger partial charge on any atom is 0.133 e. The predicted molar refractivity (Wildman–Crippen MR) is 85.0 cm³/mol. The highest BCUT2D eigenvalue weighted by molar-refractivity contribution is 9.10. The minimum atomic E-state index is -0.711. The van der Waals surface area contributed by atoms with Gasteiger partial charge in [0, 0.05) is 15.3 Å². The van der Waals surface area contributed by atoms with E-state index in [1.54, 1.807) is 31.6 Å². The molecule has 0 aliphatic heterocycles. The Morgan fingerprint density at radius 3 is 2.45 bits per heavy atom. The lowest BCUT2D eigenvalue weighted by molar-refractivity contribution is 0.217. The Kier molecular flexibility index (Phi) is 5.07. The largest absolute Gasteiger partial charge is 0.496 e. The summed E-state index contributed by atoms with van der Waals surface area (Å²) in [5.74, 6) is 1.31. The number of hydrogen-bond acceptors (Lipinski definition) is 4. The summed E-state index contributed by atoms with van der Waals surface area (Å²) in [4.78, 5) is 2.16. The van der Waals surface area contributed by atoms with Gasteiger partial charge in [0.25, 0.3) is 0 Å². The Hall–Kier alpha value is -1.04. The summed E-state index contributed by atoms with van der Waals surface area (Å²) in [5.41, 5.74) is 0.706. The third-order valence-electron chi connectivity index (χ3n) is 3.10. The van der Waals surface area contributed by atoms with Crippen molar-refractivity contribution in [2.75, 3.05) is 14.2 Å². The highest BCUT2D eigenvalue weighted by Crippen LogP contribution is 2.39. The molecule has 0 amide bonds. The van der Waals surface area contributed by atoms with Gasteiger partial charge in [-0.3, -0.25) is 0 Å². The predicted octanol–water partition coefficient (Wildman–Crippen LogP) is 4.17. The van der Waals surface area contributed by atoms with E-state index in [0.717, 1.165) is 15.8 Å². The number of benzene rings is 1. The van der Waals surface area contributed by atoms with Gasteiger partial charge < -0.3 is 14.6 Å². The van der Waals surface area contributed by atoms with E-state index in [9.17, 15) is 5.11 Å². The second kappa shape index (κ2) is 6.61. The summed E-state index contributed by atoms with van der Waals surface area (Å²) in [7, 11) is 3.19. The number of ether oxygens (including phenoxy) is 2. The third kappa shape index (κ3) is 3.00. The van der Waals surface area contributed by atoms with Gasteiger partial charge in [-0.25, -0.2) is 0 Å². The second-order valence-electron chi connectivity index (χ2n) is 4.29. The number of rotatable bonds is 5. The Bertz CT molecular complexity index is 595. The van der Waals surface area contributed by atoms with Gasteiger partial charge in [0.15, 0.2) is 0 Å². The van der Waals surface area contributed by atoms with Crippen molar-refractivity contribution >= 4 is 27.3 Å². The lowest BCUT2D eigenvalue weighted by atomic mass is 10.1. The average Bonchev–Trinajstić information content (AvgIpc) is 2.95. The molecule has 1 atom stereocenters. The topological polar surface area (TPSA) is 38.7 Å². The van der Waals surface area contributed by atoms with Crippen LogP contribution in [0.25, 0.3) is 0 Å². The third-order valence-corrected chi connectivity index (χ3v) is 5.00. The van der Waals surface area contributed by atoms with Gasteiger partial charge in [-0.2, -0.15) is 0 Å². The number of aliphatic hydroxyl groups excluding tert-OH is 1. The number of halogens is 1. The molecule has 1 N–H and O–H groups in total. The molecule has 0 aliphatic rings. The lowest BCUT2D eigenvalue weighted by Gasteiger charge is -2.16. The van der Waals surface area contributed by atoms with Gasteiger partial charge in [0.1, 0.15) is 17.6 Å². The maximum atomic E-state index is 10.6. The molecule has 0 fully saturated rings. The number of methoxy groups -OCH3 is 2. The summed E-state index contributed by atoms with van der Waals surface area (Å²) < 4.78 is 11.4. The normalized spacial score (nSPS) is 12.2. The summed E-state index contributed by atoms with van der Waals surface area (Å²) in [6.07, 6.45) is 0.260. The van der Waals surface area contributed by atoms with E-state index in [0.29, 0.717) is 17.1 Å². The fraction of sp³-hybridized carbons (Fsp3) is 0.333. The molecule has 1 aromatic heterocycles. The smallest absolute Gasteiger partial charge is 0.133 e. The molecular weight excluding hydrogens is 340 g/mol. The zero-order chi connectivity index (χ0) is 14.7. The van der Waals surface area contributed by atoms with Crippen LogP contribution in [0.2, 0.25) is 0 Å². The van der Waals surface area contributed by atoms with Crippen molar-refractivity contribution in [3.05, 3.63) is 44.1 Å². The summed E-state index contributed by atoms with van der Waals surface area (Å²) in [6.45, 7) is 2.10. The standard InChI is InChI=1S/C15H17BrO3S/c1-4-9-5-6-14(20-9)15(17)10-7-13(19-3)11(16)8-12(10)18-2/h5-8,15,17H,4H2,1-3H3. The molecule has 0 saturated carbocycles. The monoisotopic (exact) mass is 356 g/mol. The summed E-state index contributed by atoms with van der Waals surface area (Å²) in [6, 6.07) is 7.62. The van der Waals surface area contributed by atoms with E-state index < -0.39 is 6.10 Å². The van der Waals surface area contributed by atoms with Crippen molar-refractivity contribution in [1.29, 1.82) is 0 Å². The Labute approximate surface area is 131 Å². The first kappa shape index (κ1) is 15.4. The van der Waals surface area contributed by atoms with E-state index in [1.807, 2.05) is 18.2 Å². The van der Waals surface area contributed by atoms with E-state index in [4.69, 9.17) is 9.47 Å². The van der Waals surface area contributed by atoms with Crippen molar-refractivity contribution < 1.29 is 14.6 Å². The molecule has 0 bridgehead atoms. The highest BCUT2D eigenvalue weighted by atomic mass is 79.9. The van der Waals surface area contributed by atoms with E-state index in [2.05, 4.69) is 22.9 Å². The van der Waals surface area contributed by atoms with Crippen LogP contribution in [0.5, 0.6) is 11.5 Å². The van der Waals surface area contributed by atoms with Crippen molar-refractivity contribution in [2.45, 2.75) is 19.4 Å². The Morgan fingerprint density at radius 2 is 1.90 bits per heavy atom. The van der Waals surface area contributed by atoms with Gasteiger partial charge in [0.2, 0.25) is 0 Å². The minimum absolute atomic E-state index is 0.636. The van der Waals surface area contributed by atoms with Gasteiger partial charge in [0.05, 0.1) is 18.7 Å². The SMILES string of the molecule is CCc1ccc(C(O)c2cc(OC)c(Br)cc2OC)s1. The van der Waals surface area contributed by atoms with Crippen molar-refractivity contribution in [3.8, 4) is 11.5 Å². The fourth-order valence-corrected chi connectivity index (χ4v) is 3.42. The second-order valence-corrected chi connectivity index (χ2v) is 6.34. The zero-order valence-corrected chi connectivity index (χ0v) is 14.0. The molecule has 1 aromatic carbocycles. The van der Waals surface area contributed by atoms with Gasteiger partial charge >= 0.3 is 0 Å². The van der Waals surface area contributed by atoms with Crippen LogP contribution in [0.4, 0.5) is 0 Å².